The molecule has 0 aliphatic rings. The van der Waals surface area contributed by atoms with Crippen molar-refractivity contribution >= 4 is 12.0 Å². The van der Waals surface area contributed by atoms with E-state index in [-0.39, 0.29) is 0 Å². The molecule has 0 spiro atoms. The molecule has 0 aliphatic carbocycles. The third kappa shape index (κ3) is 3.08. The Morgan fingerprint density at radius 1 is 0.944 bits per heavy atom. The van der Waals surface area contributed by atoms with E-state index in [1.807, 2.05) is 48.5 Å². The van der Waals surface area contributed by atoms with E-state index in [1.54, 1.807) is 6.08 Å². The van der Waals surface area contributed by atoms with Crippen LogP contribution in [0.5, 0.6) is 0 Å². The van der Waals surface area contributed by atoms with Gasteiger partial charge in [-0.2, -0.15) is 0 Å². The molecule has 0 unspecified atom stereocenters. The zero-order valence-corrected chi connectivity index (χ0v) is 9.84. The topological polar surface area (TPSA) is 37.3 Å². The van der Waals surface area contributed by atoms with Crippen molar-refractivity contribution in [3.8, 4) is 11.1 Å². The lowest BCUT2D eigenvalue weighted by atomic mass is 10.0. The Labute approximate surface area is 106 Å². The van der Waals surface area contributed by atoms with Gasteiger partial charge in [-0.3, -0.25) is 0 Å². The lowest BCUT2D eigenvalue weighted by molar-refractivity contribution is -0.131. The molecule has 0 bridgehead atoms. The molecule has 0 fully saturated rings. The van der Waals surface area contributed by atoms with Crippen LogP contribution in [0.2, 0.25) is 0 Å². The number of hydrogen-bond acceptors (Lipinski definition) is 1. The molecular formula is C16H13O2. The van der Waals surface area contributed by atoms with Crippen LogP contribution in [0.1, 0.15) is 11.1 Å². The van der Waals surface area contributed by atoms with Gasteiger partial charge in [0.1, 0.15) is 0 Å². The van der Waals surface area contributed by atoms with Gasteiger partial charge in [-0.05, 0) is 35.3 Å². The monoisotopic (exact) mass is 237 g/mol. The van der Waals surface area contributed by atoms with Crippen molar-refractivity contribution in [1.29, 1.82) is 0 Å². The van der Waals surface area contributed by atoms with E-state index < -0.39 is 5.97 Å². The summed E-state index contributed by atoms with van der Waals surface area (Å²) in [5, 5.41) is 8.54. The van der Waals surface area contributed by atoms with E-state index >= 15 is 0 Å². The maximum Gasteiger partial charge on any atom is 0.328 e. The quantitative estimate of drug-likeness (QED) is 0.827. The first kappa shape index (κ1) is 12.1. The SMILES string of the molecule is [CH2]c1ccc(-c2ccc(/C=C/C(=O)O)cc2)cc1. The summed E-state index contributed by atoms with van der Waals surface area (Å²) in [6.07, 6.45) is 2.71. The van der Waals surface area contributed by atoms with Gasteiger partial charge in [0, 0.05) is 6.08 Å². The van der Waals surface area contributed by atoms with Crippen molar-refractivity contribution < 1.29 is 9.90 Å². The van der Waals surface area contributed by atoms with Gasteiger partial charge in [-0.25, -0.2) is 4.79 Å². The van der Waals surface area contributed by atoms with Gasteiger partial charge in [0.25, 0.3) is 0 Å². The largest absolute Gasteiger partial charge is 0.478 e. The van der Waals surface area contributed by atoms with Gasteiger partial charge in [0.15, 0.2) is 0 Å². The maximum atomic E-state index is 10.4. The molecule has 0 heterocycles. The Balaban J connectivity index is 2.22. The van der Waals surface area contributed by atoms with Gasteiger partial charge < -0.3 is 5.11 Å². The summed E-state index contributed by atoms with van der Waals surface area (Å²) in [6, 6.07) is 15.7. The summed E-state index contributed by atoms with van der Waals surface area (Å²) in [7, 11) is 0. The Bertz CT molecular complexity index is 563. The van der Waals surface area contributed by atoms with Crippen LogP contribution in [-0.2, 0) is 4.79 Å². The fourth-order valence-electron chi connectivity index (χ4n) is 1.65. The minimum absolute atomic E-state index is 0.870. The second kappa shape index (κ2) is 5.32. The summed E-state index contributed by atoms with van der Waals surface area (Å²) < 4.78 is 0. The van der Waals surface area contributed by atoms with Gasteiger partial charge in [-0.15, -0.1) is 0 Å². The van der Waals surface area contributed by atoms with Crippen LogP contribution in [0.4, 0.5) is 0 Å². The van der Waals surface area contributed by atoms with Crippen molar-refractivity contribution in [1.82, 2.24) is 0 Å². The highest BCUT2D eigenvalue weighted by atomic mass is 16.4. The van der Waals surface area contributed by atoms with Crippen LogP contribution in [0, 0.1) is 6.92 Å². The molecule has 2 aromatic carbocycles. The number of hydrogen-bond donors (Lipinski definition) is 1. The highest BCUT2D eigenvalue weighted by Crippen LogP contribution is 2.20. The highest BCUT2D eigenvalue weighted by molar-refractivity contribution is 5.85. The molecular weight excluding hydrogens is 224 g/mol. The average Bonchev–Trinajstić information content (AvgIpc) is 2.38. The normalized spacial score (nSPS) is 10.7. The molecule has 2 nitrogen and oxygen atoms in total. The second-order valence-corrected chi connectivity index (χ2v) is 3.99. The molecule has 0 amide bonds. The molecule has 0 atom stereocenters. The predicted octanol–water partition coefficient (Wildman–Crippen LogP) is 3.63. The fraction of sp³-hybridized carbons (Fsp3) is 0. The Morgan fingerprint density at radius 2 is 1.44 bits per heavy atom. The Hall–Kier alpha value is -2.35. The van der Waals surface area contributed by atoms with E-state index in [1.165, 1.54) is 0 Å². The van der Waals surface area contributed by atoms with Gasteiger partial charge >= 0.3 is 5.97 Å². The van der Waals surface area contributed by atoms with Crippen LogP contribution in [0.15, 0.2) is 54.6 Å². The standard InChI is InChI=1S/C16H13O2/c1-12-2-7-14(8-3-12)15-9-4-13(5-10-15)6-11-16(17)18/h2-11H,1H2,(H,17,18)/b11-6+. The molecule has 18 heavy (non-hydrogen) atoms. The third-order valence-corrected chi connectivity index (χ3v) is 2.62. The first-order valence-electron chi connectivity index (χ1n) is 5.58. The van der Waals surface area contributed by atoms with E-state index in [9.17, 15) is 4.79 Å². The average molecular weight is 237 g/mol. The lowest BCUT2D eigenvalue weighted by Gasteiger charge is -2.02. The Kier molecular flexibility index (Phi) is 3.58. The minimum Gasteiger partial charge on any atom is -0.478 e. The number of carboxylic acid groups (broad SMARTS) is 1. The molecule has 1 N–H and O–H groups in total. The predicted molar refractivity (Wildman–Crippen MR) is 73.0 cm³/mol. The Morgan fingerprint density at radius 3 is 1.94 bits per heavy atom. The van der Waals surface area contributed by atoms with Crippen LogP contribution in [-0.4, -0.2) is 11.1 Å². The third-order valence-electron chi connectivity index (χ3n) is 2.62. The molecule has 2 heteroatoms. The van der Waals surface area contributed by atoms with E-state index in [4.69, 9.17) is 5.11 Å². The second-order valence-electron chi connectivity index (χ2n) is 3.99. The van der Waals surface area contributed by atoms with Crippen molar-refractivity contribution in [3.63, 3.8) is 0 Å². The number of carbonyl (C=O) groups is 1. The molecule has 2 rings (SSSR count). The molecule has 0 saturated heterocycles. The minimum atomic E-state index is -0.940. The first-order chi connectivity index (χ1) is 8.65. The first-order valence-corrected chi connectivity index (χ1v) is 5.58. The van der Waals surface area contributed by atoms with Gasteiger partial charge in [0.05, 0.1) is 0 Å². The van der Waals surface area contributed by atoms with Crippen LogP contribution >= 0.6 is 0 Å². The van der Waals surface area contributed by atoms with Crippen molar-refractivity contribution in [2.24, 2.45) is 0 Å². The van der Waals surface area contributed by atoms with Crippen LogP contribution < -0.4 is 0 Å². The van der Waals surface area contributed by atoms with Crippen LogP contribution in [0.25, 0.3) is 17.2 Å². The van der Waals surface area contributed by atoms with Crippen LogP contribution in [0.3, 0.4) is 0 Å². The number of benzene rings is 2. The van der Waals surface area contributed by atoms with E-state index in [0.29, 0.717) is 0 Å². The van der Waals surface area contributed by atoms with Gasteiger partial charge in [0.2, 0.25) is 0 Å². The lowest BCUT2D eigenvalue weighted by Crippen LogP contribution is -1.85. The fourth-order valence-corrected chi connectivity index (χ4v) is 1.65. The van der Waals surface area contributed by atoms with Crippen molar-refractivity contribution in [3.05, 3.63) is 72.7 Å². The smallest absolute Gasteiger partial charge is 0.328 e. The van der Waals surface area contributed by atoms with E-state index in [0.717, 1.165) is 28.3 Å². The maximum absolute atomic E-state index is 10.4. The number of aliphatic carboxylic acids is 1. The highest BCUT2D eigenvalue weighted by Gasteiger charge is 1.97. The molecule has 0 aliphatic heterocycles. The molecule has 0 saturated carbocycles. The summed E-state index contributed by atoms with van der Waals surface area (Å²) in [5.74, 6) is -0.940. The molecule has 1 radical (unpaired) electrons. The number of carboxylic acids is 1. The zero-order chi connectivity index (χ0) is 13.0. The summed E-state index contributed by atoms with van der Waals surface area (Å²) in [4.78, 5) is 10.4. The van der Waals surface area contributed by atoms with E-state index in [2.05, 4.69) is 6.92 Å². The molecule has 2 aromatic rings. The van der Waals surface area contributed by atoms with Crippen molar-refractivity contribution in [2.45, 2.75) is 0 Å². The summed E-state index contributed by atoms with van der Waals surface area (Å²) >= 11 is 0. The number of rotatable bonds is 3. The summed E-state index contributed by atoms with van der Waals surface area (Å²) in [6.45, 7) is 3.85. The van der Waals surface area contributed by atoms with Crippen molar-refractivity contribution in [2.75, 3.05) is 0 Å². The zero-order valence-electron chi connectivity index (χ0n) is 9.84. The molecule has 0 aromatic heterocycles. The summed E-state index contributed by atoms with van der Waals surface area (Å²) in [5.41, 5.74) is 4.08. The van der Waals surface area contributed by atoms with Gasteiger partial charge in [-0.1, -0.05) is 48.5 Å². The molecule has 89 valence electrons.